The molecule has 3 heteroatoms. The third-order valence-electron chi connectivity index (χ3n) is 3.58. The molecule has 0 aliphatic carbocycles. The average Bonchev–Trinajstić information content (AvgIpc) is 2.13. The van der Waals surface area contributed by atoms with E-state index in [0.29, 0.717) is 6.04 Å². The molecule has 0 aromatic heterocycles. The number of likely N-dealkylation sites (N-methyl/N-ethyl adjacent to an activating group) is 1. The molecule has 3 atom stereocenters. The summed E-state index contributed by atoms with van der Waals surface area (Å²) in [7, 11) is 6.49. The maximum atomic E-state index is 3.69. The van der Waals surface area contributed by atoms with Crippen molar-refractivity contribution in [2.24, 2.45) is 5.92 Å². The first-order valence-corrected chi connectivity index (χ1v) is 6.09. The fourth-order valence-corrected chi connectivity index (χ4v) is 2.30. The summed E-state index contributed by atoms with van der Waals surface area (Å²) in [5.41, 5.74) is 0. The molecule has 1 N–H and O–H groups in total. The molecular formula is C12H27N3. The molecule has 0 radical (unpaired) electrons. The zero-order valence-corrected chi connectivity index (χ0v) is 11.0. The summed E-state index contributed by atoms with van der Waals surface area (Å²) in [6, 6.07) is 1.43. The first kappa shape index (κ1) is 12.9. The summed E-state index contributed by atoms with van der Waals surface area (Å²) < 4.78 is 0. The van der Waals surface area contributed by atoms with E-state index in [1.54, 1.807) is 0 Å². The SMILES string of the molecule is C[C@@H]1C[C@@H](NCCN(C)C)[C@@H](C)CN1C. The van der Waals surface area contributed by atoms with Crippen LogP contribution in [0.15, 0.2) is 0 Å². The molecule has 0 bridgehead atoms. The molecular weight excluding hydrogens is 186 g/mol. The minimum Gasteiger partial charge on any atom is -0.312 e. The lowest BCUT2D eigenvalue weighted by atomic mass is 9.90. The van der Waals surface area contributed by atoms with Gasteiger partial charge in [-0.3, -0.25) is 0 Å². The summed E-state index contributed by atoms with van der Waals surface area (Å²) in [4.78, 5) is 4.70. The van der Waals surface area contributed by atoms with Crippen molar-refractivity contribution in [1.29, 1.82) is 0 Å². The van der Waals surface area contributed by atoms with Crippen molar-refractivity contribution >= 4 is 0 Å². The lowest BCUT2D eigenvalue weighted by Crippen LogP contribution is -2.51. The van der Waals surface area contributed by atoms with Gasteiger partial charge in [-0.2, -0.15) is 0 Å². The Bertz CT molecular complexity index is 182. The molecule has 0 unspecified atom stereocenters. The van der Waals surface area contributed by atoms with E-state index in [-0.39, 0.29) is 0 Å². The first-order valence-electron chi connectivity index (χ1n) is 6.09. The van der Waals surface area contributed by atoms with Gasteiger partial charge in [0.15, 0.2) is 0 Å². The Morgan fingerprint density at radius 2 is 2.00 bits per heavy atom. The number of nitrogens with zero attached hydrogens (tertiary/aromatic N) is 2. The largest absolute Gasteiger partial charge is 0.312 e. The summed E-state index contributed by atoms with van der Waals surface area (Å²) in [5.74, 6) is 0.772. The Balaban J connectivity index is 2.28. The second-order valence-electron chi connectivity index (χ2n) is 5.37. The highest BCUT2D eigenvalue weighted by atomic mass is 15.2. The van der Waals surface area contributed by atoms with Crippen LogP contribution < -0.4 is 5.32 Å². The van der Waals surface area contributed by atoms with Gasteiger partial charge in [0.1, 0.15) is 0 Å². The Labute approximate surface area is 94.8 Å². The van der Waals surface area contributed by atoms with Gasteiger partial charge in [0, 0.05) is 31.7 Å². The number of likely N-dealkylation sites (tertiary alicyclic amines) is 1. The topological polar surface area (TPSA) is 18.5 Å². The fraction of sp³-hybridized carbons (Fsp3) is 1.00. The van der Waals surface area contributed by atoms with E-state index in [1.807, 2.05) is 0 Å². The van der Waals surface area contributed by atoms with E-state index < -0.39 is 0 Å². The molecule has 15 heavy (non-hydrogen) atoms. The van der Waals surface area contributed by atoms with Crippen molar-refractivity contribution in [3.05, 3.63) is 0 Å². The Morgan fingerprint density at radius 1 is 1.33 bits per heavy atom. The third-order valence-corrected chi connectivity index (χ3v) is 3.58. The van der Waals surface area contributed by atoms with Crippen LogP contribution in [0, 0.1) is 5.92 Å². The van der Waals surface area contributed by atoms with Gasteiger partial charge in [-0.05, 0) is 40.4 Å². The van der Waals surface area contributed by atoms with Crippen LogP contribution in [0.2, 0.25) is 0 Å². The predicted molar refractivity (Wildman–Crippen MR) is 66.2 cm³/mol. The van der Waals surface area contributed by atoms with Crippen molar-refractivity contribution in [3.63, 3.8) is 0 Å². The highest BCUT2D eigenvalue weighted by Gasteiger charge is 2.28. The number of rotatable bonds is 4. The quantitative estimate of drug-likeness (QED) is 0.747. The van der Waals surface area contributed by atoms with Crippen LogP contribution in [-0.2, 0) is 0 Å². The Hall–Kier alpha value is -0.120. The van der Waals surface area contributed by atoms with E-state index in [4.69, 9.17) is 0 Å². The predicted octanol–water partition coefficient (Wildman–Crippen LogP) is 0.866. The molecule has 0 aromatic carbocycles. The van der Waals surface area contributed by atoms with Crippen molar-refractivity contribution in [2.75, 3.05) is 40.8 Å². The van der Waals surface area contributed by atoms with Gasteiger partial charge >= 0.3 is 0 Å². The number of hydrogen-bond donors (Lipinski definition) is 1. The molecule has 0 saturated carbocycles. The van der Waals surface area contributed by atoms with Crippen LogP contribution in [0.4, 0.5) is 0 Å². The monoisotopic (exact) mass is 213 g/mol. The van der Waals surface area contributed by atoms with Crippen LogP contribution in [0.5, 0.6) is 0 Å². The Kier molecular flexibility index (Phi) is 5.03. The van der Waals surface area contributed by atoms with E-state index in [1.165, 1.54) is 13.0 Å². The van der Waals surface area contributed by atoms with Crippen LogP contribution >= 0.6 is 0 Å². The summed E-state index contributed by atoms with van der Waals surface area (Å²) in [5, 5.41) is 3.69. The summed E-state index contributed by atoms with van der Waals surface area (Å²) in [6.07, 6.45) is 1.28. The fourth-order valence-electron chi connectivity index (χ4n) is 2.30. The number of nitrogens with one attached hydrogen (secondary N) is 1. The summed E-state index contributed by atoms with van der Waals surface area (Å²) >= 11 is 0. The first-order chi connectivity index (χ1) is 7.00. The standard InChI is InChI=1S/C12H27N3/c1-10-9-15(5)11(2)8-12(10)13-6-7-14(3)4/h10-13H,6-9H2,1-5H3/t10-,11+,12+/m0/s1. The van der Waals surface area contributed by atoms with Gasteiger partial charge in [-0.25, -0.2) is 0 Å². The van der Waals surface area contributed by atoms with E-state index in [2.05, 4.69) is 50.1 Å². The minimum absolute atomic E-state index is 0.705. The molecule has 90 valence electrons. The molecule has 1 rings (SSSR count). The van der Waals surface area contributed by atoms with Gasteiger partial charge in [-0.15, -0.1) is 0 Å². The van der Waals surface area contributed by atoms with Crippen molar-refractivity contribution < 1.29 is 0 Å². The van der Waals surface area contributed by atoms with Crippen molar-refractivity contribution in [1.82, 2.24) is 15.1 Å². The molecule has 1 aliphatic rings. The van der Waals surface area contributed by atoms with E-state index in [9.17, 15) is 0 Å². The molecule has 0 spiro atoms. The second-order valence-corrected chi connectivity index (χ2v) is 5.37. The van der Waals surface area contributed by atoms with Gasteiger partial charge in [0.25, 0.3) is 0 Å². The van der Waals surface area contributed by atoms with Crippen molar-refractivity contribution in [2.45, 2.75) is 32.4 Å². The smallest absolute Gasteiger partial charge is 0.0120 e. The normalized spacial score (nSPS) is 33.6. The zero-order valence-electron chi connectivity index (χ0n) is 11.0. The van der Waals surface area contributed by atoms with Gasteiger partial charge in [0.2, 0.25) is 0 Å². The molecule has 1 saturated heterocycles. The molecule has 0 aromatic rings. The molecule has 1 heterocycles. The molecule has 1 fully saturated rings. The van der Waals surface area contributed by atoms with Gasteiger partial charge in [-0.1, -0.05) is 6.92 Å². The molecule has 1 aliphatic heterocycles. The highest BCUT2D eigenvalue weighted by Crippen LogP contribution is 2.20. The van der Waals surface area contributed by atoms with Crippen molar-refractivity contribution in [3.8, 4) is 0 Å². The lowest BCUT2D eigenvalue weighted by molar-refractivity contribution is 0.121. The maximum Gasteiger partial charge on any atom is 0.0120 e. The average molecular weight is 213 g/mol. The van der Waals surface area contributed by atoms with Crippen LogP contribution in [0.1, 0.15) is 20.3 Å². The highest BCUT2D eigenvalue weighted by molar-refractivity contribution is 4.86. The van der Waals surface area contributed by atoms with Crippen LogP contribution in [-0.4, -0.2) is 62.7 Å². The van der Waals surface area contributed by atoms with Crippen LogP contribution in [0.25, 0.3) is 0 Å². The van der Waals surface area contributed by atoms with Gasteiger partial charge < -0.3 is 15.1 Å². The number of hydrogen-bond acceptors (Lipinski definition) is 3. The van der Waals surface area contributed by atoms with Crippen LogP contribution in [0.3, 0.4) is 0 Å². The van der Waals surface area contributed by atoms with E-state index in [0.717, 1.165) is 25.0 Å². The Morgan fingerprint density at radius 3 is 2.60 bits per heavy atom. The third kappa shape index (κ3) is 4.09. The van der Waals surface area contributed by atoms with Gasteiger partial charge in [0.05, 0.1) is 0 Å². The minimum atomic E-state index is 0.705. The van der Waals surface area contributed by atoms with E-state index >= 15 is 0 Å². The lowest BCUT2D eigenvalue weighted by Gasteiger charge is -2.40. The number of piperidine rings is 1. The zero-order chi connectivity index (χ0) is 11.4. The maximum absolute atomic E-state index is 3.69. The molecule has 0 amide bonds. The summed E-state index contributed by atoms with van der Waals surface area (Å²) in [6.45, 7) is 8.15. The second kappa shape index (κ2) is 5.83. The molecule has 3 nitrogen and oxygen atoms in total.